The molecule has 0 radical (unpaired) electrons. The molecule has 0 spiro atoms. The molecule has 0 unspecified atom stereocenters. The molecular formula is C15H14ClFN2O3S. The van der Waals surface area contributed by atoms with Gasteiger partial charge in [-0.25, -0.2) is 14.2 Å². The fourth-order valence-electron chi connectivity index (χ4n) is 2.36. The fourth-order valence-corrected chi connectivity index (χ4v) is 3.49. The van der Waals surface area contributed by atoms with Crippen LogP contribution in [0.25, 0.3) is 0 Å². The average molecular weight is 357 g/mol. The van der Waals surface area contributed by atoms with E-state index in [4.69, 9.17) is 16.3 Å². The van der Waals surface area contributed by atoms with Crippen LogP contribution in [0.3, 0.4) is 0 Å². The number of carboxylic acids is 1. The number of carbonyl (C=O) groups is 1. The van der Waals surface area contributed by atoms with Crippen molar-refractivity contribution in [2.24, 2.45) is 0 Å². The van der Waals surface area contributed by atoms with Crippen molar-refractivity contribution in [1.29, 1.82) is 0 Å². The summed E-state index contributed by atoms with van der Waals surface area (Å²) < 4.78 is 19.2. The van der Waals surface area contributed by atoms with Gasteiger partial charge in [-0.05, 0) is 17.7 Å². The summed E-state index contributed by atoms with van der Waals surface area (Å²) in [6.45, 7) is 2.51. The summed E-state index contributed by atoms with van der Waals surface area (Å²) in [6.07, 6.45) is 0.117. The van der Waals surface area contributed by atoms with E-state index >= 15 is 0 Å². The van der Waals surface area contributed by atoms with E-state index in [1.54, 1.807) is 12.1 Å². The monoisotopic (exact) mass is 356 g/mol. The Balaban J connectivity index is 1.90. The highest BCUT2D eigenvalue weighted by Crippen LogP contribution is 2.29. The van der Waals surface area contributed by atoms with Gasteiger partial charge in [0.15, 0.2) is 5.13 Å². The van der Waals surface area contributed by atoms with Gasteiger partial charge < -0.3 is 14.7 Å². The number of morpholine rings is 1. The molecule has 122 valence electrons. The van der Waals surface area contributed by atoms with E-state index in [9.17, 15) is 14.3 Å². The first-order valence-electron chi connectivity index (χ1n) is 7.04. The lowest BCUT2D eigenvalue weighted by Crippen LogP contribution is -2.36. The minimum atomic E-state index is -1.05. The summed E-state index contributed by atoms with van der Waals surface area (Å²) in [5, 5.41) is 10.3. The molecule has 1 aliphatic rings. The SMILES string of the molecule is O=C(O)c1sc(N2CCOCC2)nc1Cc1ccc(Cl)cc1F. The molecule has 0 amide bonds. The van der Waals surface area contributed by atoms with Crippen molar-refractivity contribution < 1.29 is 19.0 Å². The normalized spacial score (nSPS) is 15.0. The molecule has 0 bridgehead atoms. The van der Waals surface area contributed by atoms with Gasteiger partial charge in [0.1, 0.15) is 10.7 Å². The zero-order chi connectivity index (χ0) is 16.4. The molecule has 0 saturated carbocycles. The Morgan fingerprint density at radius 1 is 1.43 bits per heavy atom. The average Bonchev–Trinajstić information content (AvgIpc) is 2.95. The van der Waals surface area contributed by atoms with Crippen molar-refractivity contribution in [3.63, 3.8) is 0 Å². The number of carboxylic acid groups (broad SMARTS) is 1. The zero-order valence-electron chi connectivity index (χ0n) is 12.1. The van der Waals surface area contributed by atoms with Gasteiger partial charge in [0.25, 0.3) is 0 Å². The lowest BCUT2D eigenvalue weighted by Gasteiger charge is -2.26. The number of thiazole rings is 1. The van der Waals surface area contributed by atoms with E-state index < -0.39 is 11.8 Å². The molecule has 1 aliphatic heterocycles. The highest BCUT2D eigenvalue weighted by Gasteiger charge is 2.22. The topological polar surface area (TPSA) is 62.7 Å². The second kappa shape index (κ2) is 6.82. The Kier molecular flexibility index (Phi) is 4.79. The summed E-state index contributed by atoms with van der Waals surface area (Å²) in [6, 6.07) is 4.35. The van der Waals surface area contributed by atoms with Crippen molar-refractivity contribution in [3.8, 4) is 0 Å². The lowest BCUT2D eigenvalue weighted by molar-refractivity contribution is 0.0701. The Morgan fingerprint density at radius 3 is 2.83 bits per heavy atom. The first-order chi connectivity index (χ1) is 11.0. The molecule has 1 N–H and O–H groups in total. The molecule has 3 rings (SSSR count). The van der Waals surface area contributed by atoms with Crippen molar-refractivity contribution >= 4 is 34.0 Å². The minimum absolute atomic E-state index is 0.117. The van der Waals surface area contributed by atoms with E-state index in [1.165, 1.54) is 6.07 Å². The summed E-state index contributed by atoms with van der Waals surface area (Å²) >= 11 is 6.85. The third-order valence-electron chi connectivity index (χ3n) is 3.53. The van der Waals surface area contributed by atoms with Crippen molar-refractivity contribution in [2.45, 2.75) is 6.42 Å². The minimum Gasteiger partial charge on any atom is -0.477 e. The Morgan fingerprint density at radius 2 is 2.17 bits per heavy atom. The summed E-state index contributed by atoms with van der Waals surface area (Å²) in [5.41, 5.74) is 0.737. The number of halogens is 2. The molecule has 8 heteroatoms. The van der Waals surface area contributed by atoms with E-state index in [2.05, 4.69) is 4.98 Å². The van der Waals surface area contributed by atoms with Gasteiger partial charge in [-0.15, -0.1) is 0 Å². The molecule has 5 nitrogen and oxygen atoms in total. The van der Waals surface area contributed by atoms with Crippen molar-refractivity contribution in [1.82, 2.24) is 4.98 Å². The second-order valence-corrected chi connectivity index (χ2v) is 6.50. The molecule has 1 saturated heterocycles. The molecule has 1 aromatic carbocycles. The van der Waals surface area contributed by atoms with Crippen LogP contribution in [0.4, 0.5) is 9.52 Å². The fraction of sp³-hybridized carbons (Fsp3) is 0.333. The van der Waals surface area contributed by atoms with Crippen LogP contribution in [0.1, 0.15) is 20.9 Å². The number of aromatic nitrogens is 1. The van der Waals surface area contributed by atoms with Gasteiger partial charge in [-0.3, -0.25) is 0 Å². The molecule has 2 heterocycles. The smallest absolute Gasteiger partial charge is 0.347 e. The second-order valence-electron chi connectivity index (χ2n) is 5.09. The van der Waals surface area contributed by atoms with Gasteiger partial charge in [0, 0.05) is 24.5 Å². The molecular weight excluding hydrogens is 343 g/mol. The Labute approximate surface area is 141 Å². The molecule has 0 aliphatic carbocycles. The van der Waals surface area contributed by atoms with Gasteiger partial charge in [0.2, 0.25) is 0 Å². The number of ether oxygens (including phenoxy) is 1. The van der Waals surface area contributed by atoms with E-state index in [1.807, 2.05) is 4.90 Å². The van der Waals surface area contributed by atoms with Gasteiger partial charge in [-0.1, -0.05) is 29.0 Å². The quantitative estimate of drug-likeness (QED) is 0.912. The Hall–Kier alpha value is -1.70. The first kappa shape index (κ1) is 16.2. The largest absolute Gasteiger partial charge is 0.477 e. The maximum Gasteiger partial charge on any atom is 0.347 e. The van der Waals surface area contributed by atoms with Crippen LogP contribution in [-0.4, -0.2) is 42.4 Å². The van der Waals surface area contributed by atoms with E-state index in [0.717, 1.165) is 11.3 Å². The summed E-state index contributed by atoms with van der Waals surface area (Å²) in [7, 11) is 0. The predicted molar refractivity (Wildman–Crippen MR) is 86.3 cm³/mol. The molecule has 1 aromatic heterocycles. The zero-order valence-corrected chi connectivity index (χ0v) is 13.7. The van der Waals surface area contributed by atoms with Crippen LogP contribution < -0.4 is 4.90 Å². The van der Waals surface area contributed by atoms with Crippen LogP contribution in [-0.2, 0) is 11.2 Å². The molecule has 1 fully saturated rings. The maximum absolute atomic E-state index is 13.9. The van der Waals surface area contributed by atoms with E-state index in [0.29, 0.717) is 47.7 Å². The van der Waals surface area contributed by atoms with Gasteiger partial charge >= 0.3 is 5.97 Å². The maximum atomic E-state index is 13.9. The highest BCUT2D eigenvalue weighted by atomic mass is 35.5. The number of nitrogens with zero attached hydrogens (tertiary/aromatic N) is 2. The molecule has 0 atom stereocenters. The third-order valence-corrected chi connectivity index (χ3v) is 4.92. The molecule has 23 heavy (non-hydrogen) atoms. The summed E-state index contributed by atoms with van der Waals surface area (Å²) in [5.74, 6) is -1.51. The van der Waals surface area contributed by atoms with Crippen LogP contribution in [0.15, 0.2) is 18.2 Å². The Bertz CT molecular complexity index is 732. The number of hydrogen-bond donors (Lipinski definition) is 1. The van der Waals surface area contributed by atoms with Gasteiger partial charge in [-0.2, -0.15) is 0 Å². The number of anilines is 1. The number of rotatable bonds is 4. The highest BCUT2D eigenvalue weighted by molar-refractivity contribution is 7.17. The van der Waals surface area contributed by atoms with Crippen molar-refractivity contribution in [3.05, 3.63) is 45.2 Å². The standard InChI is InChI=1S/C15H14ClFN2O3S/c16-10-2-1-9(11(17)8-10)7-12-13(14(20)21)23-15(18-12)19-3-5-22-6-4-19/h1-2,8H,3-7H2,(H,20,21). The number of benzene rings is 1. The first-order valence-corrected chi connectivity index (χ1v) is 8.23. The van der Waals surface area contributed by atoms with Crippen LogP contribution >= 0.6 is 22.9 Å². The number of hydrogen-bond acceptors (Lipinski definition) is 5. The van der Waals surface area contributed by atoms with E-state index in [-0.39, 0.29) is 11.3 Å². The molecule has 2 aromatic rings. The van der Waals surface area contributed by atoms with Crippen LogP contribution in [0.2, 0.25) is 5.02 Å². The van der Waals surface area contributed by atoms with Gasteiger partial charge in [0.05, 0.1) is 18.9 Å². The lowest BCUT2D eigenvalue weighted by atomic mass is 10.1. The van der Waals surface area contributed by atoms with Crippen molar-refractivity contribution in [2.75, 3.05) is 31.2 Å². The summed E-state index contributed by atoms with van der Waals surface area (Å²) in [4.78, 5) is 18.0. The number of aromatic carboxylic acids is 1. The third kappa shape index (κ3) is 3.63. The predicted octanol–water partition coefficient (Wildman–Crippen LogP) is 3.06. The van der Waals surface area contributed by atoms with Crippen LogP contribution in [0.5, 0.6) is 0 Å². The van der Waals surface area contributed by atoms with Crippen LogP contribution in [0, 0.1) is 5.82 Å².